The molecule has 1 aliphatic heterocycles. The van der Waals surface area contributed by atoms with Gasteiger partial charge in [0, 0.05) is 40.1 Å². The van der Waals surface area contributed by atoms with E-state index < -0.39 is 5.97 Å². The van der Waals surface area contributed by atoms with E-state index in [1.54, 1.807) is 11.8 Å². The number of ketones is 1. The van der Waals surface area contributed by atoms with Gasteiger partial charge in [-0.3, -0.25) is 4.79 Å². The van der Waals surface area contributed by atoms with E-state index in [1.165, 1.54) is 30.0 Å². The molecule has 1 aromatic heterocycles. The number of benzene rings is 2. The van der Waals surface area contributed by atoms with Crippen LogP contribution >= 0.6 is 47.1 Å². The van der Waals surface area contributed by atoms with Crippen LogP contribution in [0.25, 0.3) is 0 Å². The number of nitrogens with zero attached hydrogens (tertiary/aromatic N) is 2. The van der Waals surface area contributed by atoms with E-state index in [9.17, 15) is 9.59 Å². The third-order valence-electron chi connectivity index (χ3n) is 5.25. The van der Waals surface area contributed by atoms with E-state index in [1.807, 2.05) is 60.8 Å². The fourth-order valence-corrected chi connectivity index (χ4v) is 6.50. The molecule has 186 valence electrons. The number of hydrogen-bond donors (Lipinski definition) is 0. The molecule has 0 saturated carbocycles. The highest BCUT2D eigenvalue weighted by Crippen LogP contribution is 2.48. The minimum atomic E-state index is -0.494. The van der Waals surface area contributed by atoms with Crippen LogP contribution in [0.2, 0.25) is 0 Å². The molecule has 0 aliphatic carbocycles. The van der Waals surface area contributed by atoms with Gasteiger partial charge in [0.1, 0.15) is 0 Å². The number of anilines is 2. The van der Waals surface area contributed by atoms with Crippen molar-refractivity contribution >= 4 is 80.3 Å². The molecule has 3 aromatic rings. The van der Waals surface area contributed by atoms with Crippen molar-refractivity contribution in [3.63, 3.8) is 0 Å². The van der Waals surface area contributed by atoms with Gasteiger partial charge in [-0.1, -0.05) is 40.8 Å². The smallest absolute Gasteiger partial charge is 0.331 e. The molecule has 1 aliphatic rings. The Morgan fingerprint density at radius 2 is 1.75 bits per heavy atom. The van der Waals surface area contributed by atoms with Crippen molar-refractivity contribution in [3.8, 4) is 0 Å². The van der Waals surface area contributed by atoms with Crippen molar-refractivity contribution in [2.45, 2.75) is 30.6 Å². The fraction of sp³-hybridized carbons (Fsp3) is 0.231. The molecule has 2 heterocycles. The van der Waals surface area contributed by atoms with Crippen LogP contribution in [0.1, 0.15) is 41.6 Å². The minimum absolute atomic E-state index is 0.0223. The maximum absolute atomic E-state index is 12.9. The number of fused-ring (bicyclic) bond motifs is 2. The third kappa shape index (κ3) is 6.00. The minimum Gasteiger partial charge on any atom is -0.479 e. The maximum atomic E-state index is 12.9. The van der Waals surface area contributed by atoms with E-state index in [4.69, 9.17) is 21.8 Å². The summed E-state index contributed by atoms with van der Waals surface area (Å²) in [5.41, 5.74) is 4.20. The van der Waals surface area contributed by atoms with Crippen molar-refractivity contribution in [1.29, 1.82) is 0 Å². The number of carbonyl (C=O) groups is 2. The SMILES string of the molecule is CCOC(=S)SC/C(=N/OC(C)=O)c1ccc2c(c1)Sc1cc(C(=O)c3cccs3)ccc1N2CC. The third-order valence-corrected chi connectivity index (χ3v) is 8.46. The molecule has 10 heteroatoms. The first kappa shape index (κ1) is 26.4. The van der Waals surface area contributed by atoms with Crippen molar-refractivity contribution in [2.24, 2.45) is 5.16 Å². The summed E-state index contributed by atoms with van der Waals surface area (Å²) in [5.74, 6) is -0.0799. The lowest BCUT2D eigenvalue weighted by molar-refractivity contribution is -0.140. The molecule has 0 bridgehead atoms. The quantitative estimate of drug-likeness (QED) is 0.0973. The zero-order chi connectivity index (χ0) is 25.7. The summed E-state index contributed by atoms with van der Waals surface area (Å²) in [6.45, 7) is 6.54. The summed E-state index contributed by atoms with van der Waals surface area (Å²) in [4.78, 5) is 34.3. The van der Waals surface area contributed by atoms with Crippen molar-refractivity contribution < 1.29 is 19.2 Å². The summed E-state index contributed by atoms with van der Waals surface area (Å²) in [6, 6.07) is 15.7. The summed E-state index contributed by atoms with van der Waals surface area (Å²) < 4.78 is 5.77. The van der Waals surface area contributed by atoms with Crippen LogP contribution in [-0.2, 0) is 14.4 Å². The molecule has 6 nitrogen and oxygen atoms in total. The number of thioether (sulfide) groups is 1. The predicted molar refractivity (Wildman–Crippen MR) is 152 cm³/mol. The standard InChI is InChI=1S/C26H24N2O4S4/c1-4-28-20-10-8-17(19(27-32-16(3)29)15-35-26(33)31-5-2)13-23(20)36-24-14-18(9-11-21(24)28)25(30)22-7-6-12-34-22/h6-14H,4-5,15H2,1-3H3/b27-19-. The van der Waals surface area contributed by atoms with Gasteiger partial charge in [-0.2, -0.15) is 0 Å². The van der Waals surface area contributed by atoms with Gasteiger partial charge in [0.25, 0.3) is 0 Å². The van der Waals surface area contributed by atoms with Crippen LogP contribution in [0.4, 0.5) is 11.4 Å². The molecule has 2 aromatic carbocycles. The molecule has 36 heavy (non-hydrogen) atoms. The number of rotatable bonds is 8. The van der Waals surface area contributed by atoms with E-state index in [0.717, 1.165) is 38.2 Å². The lowest BCUT2D eigenvalue weighted by atomic mass is 10.1. The molecule has 0 N–H and O–H groups in total. The van der Waals surface area contributed by atoms with Crippen LogP contribution in [-0.4, -0.2) is 40.8 Å². The van der Waals surface area contributed by atoms with E-state index in [-0.39, 0.29) is 5.78 Å². The Labute approximate surface area is 228 Å². The van der Waals surface area contributed by atoms with Crippen LogP contribution < -0.4 is 4.90 Å². The number of oxime groups is 1. The molecular formula is C26H24N2O4S4. The van der Waals surface area contributed by atoms with Gasteiger partial charge >= 0.3 is 5.97 Å². The highest BCUT2D eigenvalue weighted by Gasteiger charge is 2.25. The highest BCUT2D eigenvalue weighted by molar-refractivity contribution is 8.23. The monoisotopic (exact) mass is 556 g/mol. The van der Waals surface area contributed by atoms with Crippen LogP contribution in [0.3, 0.4) is 0 Å². The second kappa shape index (κ2) is 12.1. The normalized spacial score (nSPS) is 12.5. The number of thiocarbonyl (C=S) groups is 1. The topological polar surface area (TPSA) is 68.2 Å². The summed E-state index contributed by atoms with van der Waals surface area (Å²) in [7, 11) is 0. The zero-order valence-corrected chi connectivity index (χ0v) is 23.2. The molecular weight excluding hydrogens is 533 g/mol. The van der Waals surface area contributed by atoms with Gasteiger partial charge in [-0.15, -0.1) is 11.3 Å². The Morgan fingerprint density at radius 3 is 2.36 bits per heavy atom. The summed E-state index contributed by atoms with van der Waals surface area (Å²) in [5, 5.41) is 6.00. The van der Waals surface area contributed by atoms with E-state index in [2.05, 4.69) is 17.0 Å². The Morgan fingerprint density at radius 1 is 1.06 bits per heavy atom. The van der Waals surface area contributed by atoms with Crippen molar-refractivity contribution in [3.05, 3.63) is 69.9 Å². The number of ether oxygens (including phenoxy) is 1. The molecule has 4 rings (SSSR count). The van der Waals surface area contributed by atoms with Gasteiger partial charge in [0.15, 0.2) is 0 Å². The number of hydrogen-bond acceptors (Lipinski definition) is 10. The Hall–Kier alpha value is -2.66. The number of carbonyl (C=O) groups excluding carboxylic acids is 2. The second-order valence-corrected chi connectivity index (χ2v) is 11.2. The first-order valence-corrected chi connectivity index (χ1v) is 14.4. The molecule has 0 unspecified atom stereocenters. The van der Waals surface area contributed by atoms with E-state index in [0.29, 0.717) is 28.0 Å². The Kier molecular flexibility index (Phi) is 8.84. The highest BCUT2D eigenvalue weighted by atomic mass is 32.2. The maximum Gasteiger partial charge on any atom is 0.331 e. The van der Waals surface area contributed by atoms with Gasteiger partial charge in [0.05, 0.1) is 28.6 Å². The van der Waals surface area contributed by atoms with Crippen molar-refractivity contribution in [2.75, 3.05) is 23.8 Å². The van der Waals surface area contributed by atoms with E-state index >= 15 is 0 Å². The average Bonchev–Trinajstić information content (AvgIpc) is 3.41. The van der Waals surface area contributed by atoms with Crippen LogP contribution in [0.5, 0.6) is 0 Å². The van der Waals surface area contributed by atoms with Crippen LogP contribution in [0.15, 0.2) is 68.9 Å². The second-order valence-electron chi connectivity index (χ2n) is 7.61. The van der Waals surface area contributed by atoms with Gasteiger partial charge in [0.2, 0.25) is 10.2 Å². The first-order valence-electron chi connectivity index (χ1n) is 11.3. The summed E-state index contributed by atoms with van der Waals surface area (Å²) in [6.07, 6.45) is 0. The number of thiophene rings is 1. The van der Waals surface area contributed by atoms with Gasteiger partial charge < -0.3 is 14.5 Å². The van der Waals surface area contributed by atoms with Gasteiger partial charge in [-0.25, -0.2) is 4.79 Å². The lowest BCUT2D eigenvalue weighted by Crippen LogP contribution is -2.21. The largest absolute Gasteiger partial charge is 0.479 e. The van der Waals surface area contributed by atoms with Crippen LogP contribution in [0, 0.1) is 0 Å². The summed E-state index contributed by atoms with van der Waals surface area (Å²) >= 11 is 9.61. The lowest BCUT2D eigenvalue weighted by Gasteiger charge is -2.32. The Bertz CT molecular complexity index is 1320. The predicted octanol–water partition coefficient (Wildman–Crippen LogP) is 6.92. The Balaban J connectivity index is 1.66. The zero-order valence-electron chi connectivity index (χ0n) is 20.0. The first-order chi connectivity index (χ1) is 17.4. The molecule has 0 atom stereocenters. The molecule has 0 saturated heterocycles. The average molecular weight is 557 g/mol. The molecule has 0 radical (unpaired) electrons. The fourth-order valence-electron chi connectivity index (χ4n) is 3.67. The van der Waals surface area contributed by atoms with Gasteiger partial charge in [-0.05, 0) is 67.8 Å². The molecule has 0 amide bonds. The molecule has 0 fully saturated rings. The van der Waals surface area contributed by atoms with Crippen molar-refractivity contribution in [1.82, 2.24) is 0 Å². The molecule has 0 spiro atoms.